The molecule has 0 fully saturated rings. The Morgan fingerprint density at radius 1 is 1.10 bits per heavy atom. The van der Waals surface area contributed by atoms with E-state index in [1.807, 2.05) is 29.6 Å². The zero-order chi connectivity index (χ0) is 14.1. The van der Waals surface area contributed by atoms with E-state index in [1.54, 1.807) is 11.3 Å². The maximum Gasteiger partial charge on any atom is 0.129 e. The maximum absolute atomic E-state index is 13.7. The van der Waals surface area contributed by atoms with Crippen molar-refractivity contribution in [3.63, 3.8) is 0 Å². The fourth-order valence-corrected chi connectivity index (χ4v) is 3.32. The number of hydrogen-bond acceptors (Lipinski definition) is 2. The average molecular weight is 289 g/mol. The van der Waals surface area contributed by atoms with Crippen LogP contribution in [0.4, 0.5) is 8.78 Å². The predicted octanol–water partition coefficient (Wildman–Crippen LogP) is 4.42. The van der Waals surface area contributed by atoms with Gasteiger partial charge in [0.2, 0.25) is 0 Å². The van der Waals surface area contributed by atoms with Gasteiger partial charge in [0, 0.05) is 16.8 Å². The van der Waals surface area contributed by atoms with E-state index >= 15 is 0 Å². The van der Waals surface area contributed by atoms with Crippen LogP contribution in [0.2, 0.25) is 0 Å². The first-order chi connectivity index (χ1) is 9.65. The average Bonchev–Trinajstić information content (AvgIpc) is 2.90. The van der Waals surface area contributed by atoms with Crippen LogP contribution < -0.4 is 5.73 Å². The van der Waals surface area contributed by atoms with Crippen LogP contribution in [-0.4, -0.2) is 0 Å². The SMILES string of the molecule is NC(Cc1ccc(F)cc1F)c1cccc2ccsc12. The van der Waals surface area contributed by atoms with Gasteiger partial charge in [0.1, 0.15) is 11.6 Å². The highest BCUT2D eigenvalue weighted by Crippen LogP contribution is 2.30. The Labute approximate surface area is 119 Å². The molecule has 1 unspecified atom stereocenters. The van der Waals surface area contributed by atoms with Crippen molar-refractivity contribution in [2.75, 3.05) is 0 Å². The van der Waals surface area contributed by atoms with Crippen molar-refractivity contribution in [3.8, 4) is 0 Å². The van der Waals surface area contributed by atoms with E-state index in [9.17, 15) is 8.78 Å². The van der Waals surface area contributed by atoms with Crippen LogP contribution in [0, 0.1) is 11.6 Å². The summed E-state index contributed by atoms with van der Waals surface area (Å²) in [4.78, 5) is 0. The summed E-state index contributed by atoms with van der Waals surface area (Å²) in [6, 6.07) is 11.3. The Morgan fingerprint density at radius 3 is 2.75 bits per heavy atom. The monoisotopic (exact) mass is 289 g/mol. The van der Waals surface area contributed by atoms with Gasteiger partial charge < -0.3 is 5.73 Å². The molecule has 2 N–H and O–H groups in total. The quantitative estimate of drug-likeness (QED) is 0.758. The lowest BCUT2D eigenvalue weighted by molar-refractivity contribution is 0.563. The molecule has 1 aromatic heterocycles. The van der Waals surface area contributed by atoms with Gasteiger partial charge in [-0.1, -0.05) is 24.3 Å². The second kappa shape index (κ2) is 5.31. The van der Waals surface area contributed by atoms with Crippen LogP contribution in [0.25, 0.3) is 10.1 Å². The molecule has 102 valence electrons. The minimum Gasteiger partial charge on any atom is -0.324 e. The Hall–Kier alpha value is -1.78. The molecule has 3 rings (SSSR count). The Balaban J connectivity index is 1.93. The van der Waals surface area contributed by atoms with Gasteiger partial charge in [0.05, 0.1) is 0 Å². The number of thiophene rings is 1. The smallest absolute Gasteiger partial charge is 0.129 e. The summed E-state index contributed by atoms with van der Waals surface area (Å²) < 4.78 is 27.7. The van der Waals surface area contributed by atoms with Crippen LogP contribution in [-0.2, 0) is 6.42 Å². The lowest BCUT2D eigenvalue weighted by atomic mass is 9.98. The molecule has 0 saturated heterocycles. The fourth-order valence-electron chi connectivity index (χ4n) is 2.34. The molecular weight excluding hydrogens is 276 g/mol. The molecule has 3 aromatic rings. The summed E-state index contributed by atoms with van der Waals surface area (Å²) in [6.45, 7) is 0. The molecule has 0 aliphatic rings. The Bertz CT molecular complexity index is 751. The highest BCUT2D eigenvalue weighted by molar-refractivity contribution is 7.17. The number of rotatable bonds is 3. The molecule has 1 heterocycles. The van der Waals surface area contributed by atoms with Crippen LogP contribution in [0.3, 0.4) is 0 Å². The summed E-state index contributed by atoms with van der Waals surface area (Å²) in [5, 5.41) is 3.15. The molecular formula is C16H13F2NS. The highest BCUT2D eigenvalue weighted by Gasteiger charge is 2.14. The van der Waals surface area contributed by atoms with E-state index in [0.29, 0.717) is 12.0 Å². The van der Waals surface area contributed by atoms with E-state index < -0.39 is 11.6 Å². The first-order valence-corrected chi connectivity index (χ1v) is 7.19. The molecule has 0 aliphatic heterocycles. The minimum atomic E-state index is -0.569. The molecule has 4 heteroatoms. The third kappa shape index (κ3) is 2.44. The largest absolute Gasteiger partial charge is 0.324 e. The van der Waals surface area contributed by atoms with Crippen molar-refractivity contribution >= 4 is 21.4 Å². The van der Waals surface area contributed by atoms with Crippen molar-refractivity contribution in [1.82, 2.24) is 0 Å². The third-order valence-corrected chi connectivity index (χ3v) is 4.34. The topological polar surface area (TPSA) is 26.0 Å². The van der Waals surface area contributed by atoms with Crippen LogP contribution in [0.1, 0.15) is 17.2 Å². The predicted molar refractivity (Wildman–Crippen MR) is 78.8 cm³/mol. The summed E-state index contributed by atoms with van der Waals surface area (Å²) in [5.41, 5.74) is 7.64. The molecule has 20 heavy (non-hydrogen) atoms. The van der Waals surface area contributed by atoms with Crippen molar-refractivity contribution in [2.24, 2.45) is 5.73 Å². The zero-order valence-corrected chi connectivity index (χ0v) is 11.5. The normalized spacial score (nSPS) is 12.8. The summed E-state index contributed by atoms with van der Waals surface area (Å²) in [6.07, 6.45) is 0.350. The van der Waals surface area contributed by atoms with Crippen LogP contribution in [0.15, 0.2) is 47.8 Å². The van der Waals surface area contributed by atoms with Crippen LogP contribution >= 0.6 is 11.3 Å². The summed E-state index contributed by atoms with van der Waals surface area (Å²) in [7, 11) is 0. The van der Waals surface area contributed by atoms with E-state index in [2.05, 4.69) is 0 Å². The second-order valence-corrected chi connectivity index (χ2v) is 5.65. The third-order valence-electron chi connectivity index (χ3n) is 3.36. The van der Waals surface area contributed by atoms with Crippen LogP contribution in [0.5, 0.6) is 0 Å². The maximum atomic E-state index is 13.7. The summed E-state index contributed by atoms with van der Waals surface area (Å²) >= 11 is 1.63. The Morgan fingerprint density at radius 2 is 1.95 bits per heavy atom. The number of fused-ring (bicyclic) bond motifs is 1. The van der Waals surface area contributed by atoms with Gasteiger partial charge in [0.15, 0.2) is 0 Å². The van der Waals surface area contributed by atoms with Crippen molar-refractivity contribution < 1.29 is 8.78 Å². The van der Waals surface area contributed by atoms with E-state index in [1.165, 1.54) is 12.1 Å². The molecule has 0 radical (unpaired) electrons. The van der Waals surface area contributed by atoms with E-state index in [4.69, 9.17) is 5.73 Å². The molecule has 0 saturated carbocycles. The second-order valence-electron chi connectivity index (χ2n) is 4.73. The summed E-state index contributed by atoms with van der Waals surface area (Å²) in [5.74, 6) is -1.11. The highest BCUT2D eigenvalue weighted by atomic mass is 32.1. The molecule has 1 atom stereocenters. The van der Waals surface area contributed by atoms with Gasteiger partial charge in [-0.3, -0.25) is 0 Å². The Kier molecular flexibility index (Phi) is 3.51. The first-order valence-electron chi connectivity index (χ1n) is 6.31. The molecule has 0 bridgehead atoms. The number of nitrogens with two attached hydrogens (primary N) is 1. The lowest BCUT2D eigenvalue weighted by Crippen LogP contribution is -2.14. The first kappa shape index (κ1) is 13.2. The fraction of sp³-hybridized carbons (Fsp3) is 0.125. The van der Waals surface area contributed by atoms with Gasteiger partial charge in [-0.05, 0) is 40.4 Å². The molecule has 2 aromatic carbocycles. The van der Waals surface area contributed by atoms with Gasteiger partial charge >= 0.3 is 0 Å². The minimum absolute atomic E-state index is 0.308. The molecule has 0 amide bonds. The van der Waals surface area contributed by atoms with Gasteiger partial charge in [-0.15, -0.1) is 11.3 Å². The van der Waals surface area contributed by atoms with Gasteiger partial charge in [-0.2, -0.15) is 0 Å². The van der Waals surface area contributed by atoms with Crippen molar-refractivity contribution in [2.45, 2.75) is 12.5 Å². The van der Waals surface area contributed by atoms with Crippen molar-refractivity contribution in [1.29, 1.82) is 0 Å². The zero-order valence-electron chi connectivity index (χ0n) is 10.6. The molecule has 1 nitrogen and oxygen atoms in total. The number of halogens is 2. The van der Waals surface area contributed by atoms with Gasteiger partial charge in [0.25, 0.3) is 0 Å². The van der Waals surface area contributed by atoms with E-state index in [0.717, 1.165) is 21.7 Å². The molecule has 0 spiro atoms. The number of hydrogen-bond donors (Lipinski definition) is 1. The van der Waals surface area contributed by atoms with E-state index in [-0.39, 0.29) is 6.04 Å². The number of benzene rings is 2. The van der Waals surface area contributed by atoms with Crippen molar-refractivity contribution in [3.05, 3.63) is 70.6 Å². The molecule has 0 aliphatic carbocycles. The van der Waals surface area contributed by atoms with Gasteiger partial charge in [-0.25, -0.2) is 8.78 Å². The standard InChI is InChI=1S/C16H13F2NS/c17-12-5-4-11(14(18)9-12)8-15(19)13-3-1-2-10-6-7-20-16(10)13/h1-7,9,15H,8,19H2. The lowest BCUT2D eigenvalue weighted by Gasteiger charge is -2.14.